The van der Waals surface area contributed by atoms with E-state index in [1.165, 1.54) is 11.9 Å². The van der Waals surface area contributed by atoms with Gasteiger partial charge in [0.1, 0.15) is 5.69 Å². The Morgan fingerprint density at radius 2 is 2.04 bits per heavy atom. The Hall–Kier alpha value is -2.65. The third kappa shape index (κ3) is 4.70. The molecule has 1 aromatic heterocycles. The number of hydrogen-bond acceptors (Lipinski definition) is 4. The minimum absolute atomic E-state index is 0.0781. The predicted octanol–water partition coefficient (Wildman–Crippen LogP) is 1.50. The van der Waals surface area contributed by atoms with Gasteiger partial charge in [0.25, 0.3) is 5.91 Å². The zero-order valence-electron chi connectivity index (χ0n) is 14.0. The fourth-order valence-electron chi connectivity index (χ4n) is 2.66. The van der Waals surface area contributed by atoms with Crippen molar-refractivity contribution in [2.45, 2.75) is 19.0 Å². The van der Waals surface area contributed by atoms with Gasteiger partial charge in [-0.2, -0.15) is 13.2 Å². The Balaban J connectivity index is 1.98. The van der Waals surface area contributed by atoms with E-state index >= 15 is 0 Å². The quantitative estimate of drug-likeness (QED) is 0.864. The zero-order valence-corrected chi connectivity index (χ0v) is 14.0. The SMILES string of the molecule is CN(CC(=O)N1CCCC(C(=O)O)C1)C(=O)c1ccc(C(F)(F)F)cn1. The standard InChI is InChI=1S/C16H18F3N3O4/c1-21(9-13(23)22-6-2-3-10(8-22)15(25)26)14(24)12-5-4-11(7-20-12)16(17,18)19/h4-5,7,10H,2-3,6,8-9H2,1H3,(H,25,26). The second kappa shape index (κ2) is 7.71. The number of carboxylic acid groups (broad SMARTS) is 1. The van der Waals surface area contributed by atoms with Gasteiger partial charge in [-0.3, -0.25) is 19.4 Å². The number of likely N-dealkylation sites (tertiary alicyclic amines) is 1. The van der Waals surface area contributed by atoms with Gasteiger partial charge in [-0.25, -0.2) is 0 Å². The molecule has 0 bridgehead atoms. The molecule has 26 heavy (non-hydrogen) atoms. The summed E-state index contributed by atoms with van der Waals surface area (Å²) in [4.78, 5) is 41.5. The largest absolute Gasteiger partial charge is 0.481 e. The van der Waals surface area contributed by atoms with Gasteiger partial charge in [0.2, 0.25) is 5.91 Å². The monoisotopic (exact) mass is 373 g/mol. The first-order valence-electron chi connectivity index (χ1n) is 7.89. The molecule has 1 N–H and O–H groups in total. The van der Waals surface area contributed by atoms with E-state index in [1.807, 2.05) is 0 Å². The number of carbonyl (C=O) groups is 3. The summed E-state index contributed by atoms with van der Waals surface area (Å²) < 4.78 is 37.6. The summed E-state index contributed by atoms with van der Waals surface area (Å²) in [6.07, 6.45) is -2.94. The summed E-state index contributed by atoms with van der Waals surface area (Å²) in [7, 11) is 1.33. The number of likely N-dealkylation sites (N-methyl/N-ethyl adjacent to an activating group) is 1. The molecule has 0 saturated carbocycles. The van der Waals surface area contributed by atoms with E-state index in [0.29, 0.717) is 25.6 Å². The van der Waals surface area contributed by atoms with Gasteiger partial charge in [0, 0.05) is 26.3 Å². The first-order valence-corrected chi connectivity index (χ1v) is 7.89. The van der Waals surface area contributed by atoms with Crippen molar-refractivity contribution in [3.05, 3.63) is 29.6 Å². The highest BCUT2D eigenvalue weighted by Gasteiger charge is 2.32. The molecule has 142 valence electrons. The van der Waals surface area contributed by atoms with Gasteiger partial charge in [0.15, 0.2) is 0 Å². The van der Waals surface area contributed by atoms with Crippen LogP contribution in [-0.2, 0) is 15.8 Å². The summed E-state index contributed by atoms with van der Waals surface area (Å²) >= 11 is 0. The molecule has 2 rings (SSSR count). The second-order valence-corrected chi connectivity index (χ2v) is 6.11. The number of aliphatic carboxylic acids is 1. The number of nitrogens with zero attached hydrogens (tertiary/aromatic N) is 3. The molecule has 10 heteroatoms. The third-order valence-electron chi connectivity index (χ3n) is 4.15. The first-order chi connectivity index (χ1) is 12.1. The molecule has 0 radical (unpaired) electrons. The van der Waals surface area contributed by atoms with Gasteiger partial charge in [-0.15, -0.1) is 0 Å². The summed E-state index contributed by atoms with van der Waals surface area (Å²) in [5, 5.41) is 9.05. The molecule has 1 atom stereocenters. The van der Waals surface area contributed by atoms with Crippen molar-refractivity contribution in [1.82, 2.24) is 14.8 Å². The van der Waals surface area contributed by atoms with Gasteiger partial charge in [0.05, 0.1) is 18.0 Å². The van der Waals surface area contributed by atoms with Crippen molar-refractivity contribution >= 4 is 17.8 Å². The predicted molar refractivity (Wildman–Crippen MR) is 83.1 cm³/mol. The molecule has 7 nitrogen and oxygen atoms in total. The number of carbonyl (C=O) groups excluding carboxylic acids is 2. The van der Waals surface area contributed by atoms with Gasteiger partial charge in [-0.05, 0) is 25.0 Å². The Kier molecular flexibility index (Phi) is 5.83. The van der Waals surface area contributed by atoms with Crippen LogP contribution in [0.4, 0.5) is 13.2 Å². The number of rotatable bonds is 4. The normalized spacial score (nSPS) is 17.7. The highest BCUT2D eigenvalue weighted by Crippen LogP contribution is 2.28. The summed E-state index contributed by atoms with van der Waals surface area (Å²) in [5.74, 6) is -2.72. The molecule has 0 aliphatic carbocycles. The zero-order chi connectivity index (χ0) is 19.5. The van der Waals surface area contributed by atoms with E-state index in [9.17, 15) is 27.6 Å². The maximum Gasteiger partial charge on any atom is 0.417 e. The fraction of sp³-hybridized carbons (Fsp3) is 0.500. The maximum atomic E-state index is 12.5. The lowest BCUT2D eigenvalue weighted by Gasteiger charge is -2.32. The maximum absolute atomic E-state index is 12.5. The molecule has 1 aromatic rings. The number of hydrogen-bond donors (Lipinski definition) is 1. The summed E-state index contributed by atoms with van der Waals surface area (Å²) in [6, 6.07) is 1.70. The lowest BCUT2D eigenvalue weighted by molar-refractivity contribution is -0.146. The first kappa shape index (κ1) is 19.7. The van der Waals surface area contributed by atoms with E-state index < -0.39 is 35.4 Å². The van der Waals surface area contributed by atoms with Crippen molar-refractivity contribution in [3.63, 3.8) is 0 Å². The van der Waals surface area contributed by atoms with E-state index in [0.717, 1.165) is 17.0 Å². The van der Waals surface area contributed by atoms with E-state index in [4.69, 9.17) is 5.11 Å². The van der Waals surface area contributed by atoms with Crippen LogP contribution in [0.25, 0.3) is 0 Å². The lowest BCUT2D eigenvalue weighted by Crippen LogP contribution is -2.47. The van der Waals surface area contributed by atoms with Gasteiger partial charge < -0.3 is 14.9 Å². The fourth-order valence-corrected chi connectivity index (χ4v) is 2.66. The molecule has 2 heterocycles. The topological polar surface area (TPSA) is 90.8 Å². The van der Waals surface area contributed by atoms with Crippen LogP contribution >= 0.6 is 0 Å². The van der Waals surface area contributed by atoms with Crippen molar-refractivity contribution in [2.75, 3.05) is 26.7 Å². The van der Waals surface area contributed by atoms with Crippen molar-refractivity contribution in [1.29, 1.82) is 0 Å². The Bertz CT molecular complexity index is 691. The van der Waals surface area contributed by atoms with Crippen LogP contribution in [-0.4, -0.2) is 64.4 Å². The Morgan fingerprint density at radius 3 is 2.58 bits per heavy atom. The number of halogens is 3. The van der Waals surface area contributed by atoms with Crippen LogP contribution in [0.5, 0.6) is 0 Å². The van der Waals surface area contributed by atoms with Crippen LogP contribution in [0.2, 0.25) is 0 Å². The van der Waals surface area contributed by atoms with E-state index in [1.54, 1.807) is 0 Å². The van der Waals surface area contributed by atoms with Crippen LogP contribution in [0, 0.1) is 5.92 Å². The number of amides is 2. The highest BCUT2D eigenvalue weighted by atomic mass is 19.4. The van der Waals surface area contributed by atoms with Crippen LogP contribution in [0.1, 0.15) is 28.9 Å². The second-order valence-electron chi connectivity index (χ2n) is 6.11. The van der Waals surface area contributed by atoms with Crippen LogP contribution in [0.3, 0.4) is 0 Å². The lowest BCUT2D eigenvalue weighted by atomic mass is 9.98. The molecule has 1 aliphatic rings. The number of carboxylic acids is 1. The molecule has 1 saturated heterocycles. The molecule has 1 aliphatic heterocycles. The van der Waals surface area contributed by atoms with Crippen molar-refractivity contribution in [2.24, 2.45) is 5.92 Å². The molecular formula is C16H18F3N3O4. The number of aromatic nitrogens is 1. The molecule has 2 amide bonds. The average Bonchev–Trinajstić information content (AvgIpc) is 2.60. The van der Waals surface area contributed by atoms with Crippen LogP contribution < -0.4 is 0 Å². The van der Waals surface area contributed by atoms with Crippen molar-refractivity contribution < 1.29 is 32.7 Å². The highest BCUT2D eigenvalue weighted by molar-refractivity contribution is 5.94. The molecular weight excluding hydrogens is 355 g/mol. The minimum atomic E-state index is -4.55. The molecule has 1 unspecified atom stereocenters. The Labute approximate surface area is 147 Å². The summed E-state index contributed by atoms with van der Waals surface area (Å²) in [6.45, 7) is 0.172. The molecule has 1 fully saturated rings. The van der Waals surface area contributed by atoms with Crippen LogP contribution in [0.15, 0.2) is 18.3 Å². The number of piperidine rings is 1. The number of alkyl halides is 3. The van der Waals surface area contributed by atoms with Gasteiger partial charge >= 0.3 is 12.1 Å². The molecule has 0 spiro atoms. The Morgan fingerprint density at radius 1 is 1.35 bits per heavy atom. The van der Waals surface area contributed by atoms with E-state index in [-0.39, 0.29) is 18.8 Å². The smallest absolute Gasteiger partial charge is 0.417 e. The van der Waals surface area contributed by atoms with Crippen molar-refractivity contribution in [3.8, 4) is 0 Å². The van der Waals surface area contributed by atoms with Gasteiger partial charge in [-0.1, -0.05) is 0 Å². The summed E-state index contributed by atoms with van der Waals surface area (Å²) in [5.41, 5.74) is -1.18. The third-order valence-corrected chi connectivity index (χ3v) is 4.15. The van der Waals surface area contributed by atoms with E-state index in [2.05, 4.69) is 4.98 Å². The minimum Gasteiger partial charge on any atom is -0.481 e. The molecule has 0 aromatic carbocycles. The number of pyridine rings is 1. The average molecular weight is 373 g/mol.